The minimum absolute atomic E-state index is 0.00841. The number of nitrogens with one attached hydrogen (secondary N) is 1. The van der Waals surface area contributed by atoms with Gasteiger partial charge in [-0.3, -0.25) is 9.59 Å². The lowest BCUT2D eigenvalue weighted by molar-refractivity contribution is -0.129. The molecule has 2 atom stereocenters. The average Bonchev–Trinajstić information content (AvgIpc) is 3.23. The number of carbonyl (C=O) groups excluding carboxylic acids is 2. The molecule has 1 fully saturated rings. The molecular weight excluding hydrogens is 342 g/mol. The molecule has 1 N–H and O–H groups in total. The van der Waals surface area contributed by atoms with Crippen LogP contribution >= 0.6 is 0 Å². The molecule has 0 bridgehead atoms. The van der Waals surface area contributed by atoms with Gasteiger partial charge in [-0.05, 0) is 30.7 Å². The van der Waals surface area contributed by atoms with Crippen molar-refractivity contribution in [1.29, 1.82) is 0 Å². The number of amides is 2. The number of nitrogens with zero attached hydrogens (tertiary/aromatic N) is 2. The molecule has 6 nitrogen and oxygen atoms in total. The second-order valence-corrected chi connectivity index (χ2v) is 6.94. The van der Waals surface area contributed by atoms with Crippen LogP contribution in [0.1, 0.15) is 30.8 Å². The number of anilines is 1. The maximum Gasteiger partial charge on any atom is 0.229 e. The largest absolute Gasteiger partial charge is 0.441 e. The summed E-state index contributed by atoms with van der Waals surface area (Å²) in [4.78, 5) is 31.2. The zero-order chi connectivity index (χ0) is 19.0. The first-order valence-electron chi connectivity index (χ1n) is 9.04. The summed E-state index contributed by atoms with van der Waals surface area (Å²) in [5.74, 6) is 0.0820. The molecule has 0 radical (unpaired) electrons. The predicted molar refractivity (Wildman–Crippen MR) is 102 cm³/mol. The van der Waals surface area contributed by atoms with E-state index in [1.807, 2.05) is 37.3 Å². The highest BCUT2D eigenvalue weighted by Gasteiger charge is 2.37. The van der Waals surface area contributed by atoms with Crippen LogP contribution in [-0.4, -0.2) is 28.2 Å². The summed E-state index contributed by atoms with van der Waals surface area (Å²) < 4.78 is 5.45. The van der Waals surface area contributed by atoms with Gasteiger partial charge in [0, 0.05) is 25.6 Å². The third-order valence-corrected chi connectivity index (χ3v) is 5.04. The van der Waals surface area contributed by atoms with Crippen molar-refractivity contribution in [1.82, 2.24) is 9.88 Å². The van der Waals surface area contributed by atoms with E-state index >= 15 is 0 Å². The van der Waals surface area contributed by atoms with Crippen LogP contribution in [0.4, 0.5) is 5.69 Å². The fourth-order valence-corrected chi connectivity index (χ4v) is 3.56. The summed E-state index contributed by atoms with van der Waals surface area (Å²) in [6.07, 6.45) is 0.230. The van der Waals surface area contributed by atoms with Crippen LogP contribution in [0.5, 0.6) is 0 Å². The lowest BCUT2D eigenvalue weighted by Crippen LogP contribution is -2.30. The van der Waals surface area contributed by atoms with Crippen LogP contribution in [0.25, 0.3) is 11.1 Å². The molecule has 27 heavy (non-hydrogen) atoms. The van der Waals surface area contributed by atoms with Gasteiger partial charge >= 0.3 is 0 Å². The van der Waals surface area contributed by atoms with E-state index in [0.29, 0.717) is 29.2 Å². The molecule has 138 valence electrons. The topological polar surface area (TPSA) is 75.4 Å². The summed E-state index contributed by atoms with van der Waals surface area (Å²) in [5.41, 5.74) is 3.11. The highest BCUT2D eigenvalue weighted by molar-refractivity contribution is 5.98. The van der Waals surface area contributed by atoms with Gasteiger partial charge in [0.2, 0.25) is 11.8 Å². The Labute approximate surface area is 157 Å². The zero-order valence-corrected chi connectivity index (χ0v) is 15.3. The summed E-state index contributed by atoms with van der Waals surface area (Å²) >= 11 is 0. The summed E-state index contributed by atoms with van der Waals surface area (Å²) in [7, 11) is 0. The van der Waals surface area contributed by atoms with Crippen molar-refractivity contribution in [3.8, 4) is 0 Å². The number of hydrogen-bond acceptors (Lipinski definition) is 4. The number of aryl methyl sites for hydroxylation is 1. The van der Waals surface area contributed by atoms with E-state index < -0.39 is 0 Å². The molecule has 0 saturated carbocycles. The molecule has 1 saturated heterocycles. The Kier molecular flexibility index (Phi) is 4.39. The fourth-order valence-electron chi connectivity index (χ4n) is 3.56. The number of rotatable bonds is 4. The number of hydrogen-bond donors (Lipinski definition) is 1. The summed E-state index contributed by atoms with van der Waals surface area (Å²) in [6.45, 7) is 4.20. The number of aromatic nitrogens is 1. The van der Waals surface area contributed by atoms with Gasteiger partial charge in [-0.25, -0.2) is 4.98 Å². The molecule has 1 aromatic heterocycles. The Hall–Kier alpha value is -3.15. The first-order chi connectivity index (χ1) is 13.0. The monoisotopic (exact) mass is 363 g/mol. The third kappa shape index (κ3) is 3.43. The Morgan fingerprint density at radius 3 is 2.81 bits per heavy atom. The van der Waals surface area contributed by atoms with Crippen LogP contribution in [0.3, 0.4) is 0 Å². The van der Waals surface area contributed by atoms with E-state index in [1.165, 1.54) is 0 Å². The zero-order valence-electron chi connectivity index (χ0n) is 15.3. The van der Waals surface area contributed by atoms with Crippen LogP contribution in [0, 0.1) is 12.8 Å². The standard InChI is InChI=1S/C21H21N3O3/c1-13(15-6-4-3-5-7-15)24-12-16(10-20(24)25)21(26)23-17-8-9-19-18(11-17)22-14(2)27-19/h3-9,11,13,16H,10,12H2,1-2H3,(H,23,26)/t13-,16-/m0/s1. The highest BCUT2D eigenvalue weighted by atomic mass is 16.3. The predicted octanol–water partition coefficient (Wildman–Crippen LogP) is 3.68. The summed E-state index contributed by atoms with van der Waals surface area (Å²) in [5, 5.41) is 2.91. The lowest BCUT2D eigenvalue weighted by Gasteiger charge is -2.25. The molecule has 0 unspecified atom stereocenters. The van der Waals surface area contributed by atoms with E-state index in [2.05, 4.69) is 10.3 Å². The molecule has 6 heteroatoms. The number of oxazole rings is 1. The molecular formula is C21H21N3O3. The molecule has 1 aliphatic heterocycles. The molecule has 1 aliphatic rings. The molecule has 0 spiro atoms. The number of benzene rings is 2. The van der Waals surface area contributed by atoms with E-state index in [-0.39, 0.29) is 30.2 Å². The average molecular weight is 363 g/mol. The summed E-state index contributed by atoms with van der Waals surface area (Å²) in [6, 6.07) is 15.2. The van der Waals surface area contributed by atoms with Gasteiger partial charge in [0.25, 0.3) is 0 Å². The van der Waals surface area contributed by atoms with E-state index in [1.54, 1.807) is 30.0 Å². The van der Waals surface area contributed by atoms with E-state index in [9.17, 15) is 9.59 Å². The van der Waals surface area contributed by atoms with Crippen LogP contribution in [0.15, 0.2) is 52.9 Å². The van der Waals surface area contributed by atoms with Crippen molar-refractivity contribution in [3.05, 3.63) is 60.0 Å². The fraction of sp³-hybridized carbons (Fsp3) is 0.286. The van der Waals surface area contributed by atoms with Gasteiger partial charge in [-0.15, -0.1) is 0 Å². The molecule has 3 aromatic rings. The smallest absolute Gasteiger partial charge is 0.229 e. The lowest BCUT2D eigenvalue weighted by atomic mass is 10.1. The third-order valence-electron chi connectivity index (χ3n) is 5.04. The Balaban J connectivity index is 1.45. The quantitative estimate of drug-likeness (QED) is 0.767. The maximum absolute atomic E-state index is 12.7. The minimum Gasteiger partial charge on any atom is -0.441 e. The van der Waals surface area contributed by atoms with Gasteiger partial charge in [0.05, 0.1) is 12.0 Å². The van der Waals surface area contributed by atoms with Crippen molar-refractivity contribution in [2.45, 2.75) is 26.3 Å². The number of likely N-dealkylation sites (tertiary alicyclic amines) is 1. The van der Waals surface area contributed by atoms with Crippen molar-refractivity contribution in [3.63, 3.8) is 0 Å². The number of carbonyl (C=O) groups is 2. The van der Waals surface area contributed by atoms with Crippen molar-refractivity contribution < 1.29 is 14.0 Å². The van der Waals surface area contributed by atoms with Crippen molar-refractivity contribution in [2.24, 2.45) is 5.92 Å². The molecule has 2 amide bonds. The van der Waals surface area contributed by atoms with E-state index in [4.69, 9.17) is 4.42 Å². The van der Waals surface area contributed by atoms with Gasteiger partial charge in [-0.2, -0.15) is 0 Å². The van der Waals surface area contributed by atoms with Gasteiger partial charge in [0.1, 0.15) is 5.52 Å². The maximum atomic E-state index is 12.7. The normalized spacial score (nSPS) is 18.1. The Morgan fingerprint density at radius 1 is 1.26 bits per heavy atom. The van der Waals surface area contributed by atoms with E-state index in [0.717, 1.165) is 5.56 Å². The first-order valence-corrected chi connectivity index (χ1v) is 9.04. The molecule has 0 aliphatic carbocycles. The molecule has 2 heterocycles. The van der Waals surface area contributed by atoms with Crippen LogP contribution < -0.4 is 5.32 Å². The van der Waals surface area contributed by atoms with Crippen molar-refractivity contribution in [2.75, 3.05) is 11.9 Å². The van der Waals surface area contributed by atoms with Gasteiger partial charge < -0.3 is 14.6 Å². The molecule has 2 aromatic carbocycles. The minimum atomic E-state index is -0.363. The highest BCUT2D eigenvalue weighted by Crippen LogP contribution is 2.29. The Morgan fingerprint density at radius 2 is 2.04 bits per heavy atom. The van der Waals surface area contributed by atoms with Crippen LogP contribution in [0.2, 0.25) is 0 Å². The number of fused-ring (bicyclic) bond motifs is 1. The molecule has 4 rings (SSSR count). The van der Waals surface area contributed by atoms with Crippen molar-refractivity contribution >= 4 is 28.6 Å². The van der Waals surface area contributed by atoms with Gasteiger partial charge in [0.15, 0.2) is 11.5 Å². The first kappa shape index (κ1) is 17.3. The SMILES string of the molecule is Cc1nc2cc(NC(=O)[C@H]3CC(=O)N([C@@H](C)c4ccccc4)C3)ccc2o1. The second kappa shape index (κ2) is 6.87. The Bertz CT molecular complexity index is 996. The second-order valence-electron chi connectivity index (χ2n) is 6.94. The van der Waals surface area contributed by atoms with Gasteiger partial charge in [-0.1, -0.05) is 30.3 Å². The van der Waals surface area contributed by atoms with Crippen LogP contribution in [-0.2, 0) is 9.59 Å².